The summed E-state index contributed by atoms with van der Waals surface area (Å²) < 4.78 is 24.6. The second-order valence-corrected chi connectivity index (χ2v) is 8.66. The topological polar surface area (TPSA) is 78.2 Å². The lowest BCUT2D eigenvalue weighted by Crippen LogP contribution is -2.42. The molecule has 3 rings (SSSR count). The second-order valence-electron chi connectivity index (χ2n) is 7.84. The van der Waals surface area contributed by atoms with Crippen LogP contribution < -0.4 is 9.46 Å². The number of benzene rings is 2. The number of nitriles is 1. The standard InChI is InChI=1S/C25H25FN4O2S/c1-25(2,18-31)30(33-29-22-7-4-21(17-27)24(26)16-22)14-3-15-32-23-8-5-19(6-9-23)20-10-12-28-13-11-20/h4-13,16,18,29H,3,14-15H2,1-2H3. The van der Waals surface area contributed by atoms with Crippen molar-refractivity contribution in [2.24, 2.45) is 0 Å². The number of nitrogens with one attached hydrogen (secondary N) is 1. The first-order chi connectivity index (χ1) is 15.9. The smallest absolute Gasteiger partial charge is 0.143 e. The van der Waals surface area contributed by atoms with Gasteiger partial charge in [-0.25, -0.2) is 8.70 Å². The SMILES string of the molecule is CC(C)(C=O)N(CCCOc1ccc(-c2ccncc2)cc1)SNc1ccc(C#N)c(F)c1. The van der Waals surface area contributed by atoms with Gasteiger partial charge in [0.25, 0.3) is 0 Å². The van der Waals surface area contributed by atoms with Gasteiger partial charge in [0.1, 0.15) is 23.9 Å². The maximum absolute atomic E-state index is 13.8. The van der Waals surface area contributed by atoms with Crippen LogP contribution in [0.5, 0.6) is 5.75 Å². The molecule has 0 saturated heterocycles. The third kappa shape index (κ3) is 6.78. The number of aromatic nitrogens is 1. The fraction of sp³-hybridized carbons (Fsp3) is 0.240. The zero-order valence-corrected chi connectivity index (χ0v) is 19.3. The minimum atomic E-state index is -0.741. The van der Waals surface area contributed by atoms with Gasteiger partial charge in [0.15, 0.2) is 0 Å². The Balaban J connectivity index is 1.52. The molecule has 0 aliphatic heterocycles. The van der Waals surface area contributed by atoms with Gasteiger partial charge in [-0.05, 0) is 73.9 Å². The highest BCUT2D eigenvalue weighted by atomic mass is 32.2. The van der Waals surface area contributed by atoms with E-state index in [9.17, 15) is 9.18 Å². The van der Waals surface area contributed by atoms with Crippen molar-refractivity contribution in [3.8, 4) is 22.9 Å². The highest BCUT2D eigenvalue weighted by Gasteiger charge is 2.27. The van der Waals surface area contributed by atoms with Crippen LogP contribution in [-0.4, -0.2) is 34.3 Å². The number of ether oxygens (including phenoxy) is 1. The maximum Gasteiger partial charge on any atom is 0.143 e. The molecular weight excluding hydrogens is 439 g/mol. The quantitative estimate of drug-likeness (QED) is 0.229. The second kappa shape index (κ2) is 11.5. The number of halogens is 1. The summed E-state index contributed by atoms with van der Waals surface area (Å²) in [5.74, 6) is 0.181. The van der Waals surface area contributed by atoms with Gasteiger partial charge < -0.3 is 14.3 Å². The van der Waals surface area contributed by atoms with Crippen LogP contribution in [0.2, 0.25) is 0 Å². The van der Waals surface area contributed by atoms with E-state index in [-0.39, 0.29) is 5.56 Å². The van der Waals surface area contributed by atoms with Crippen molar-refractivity contribution in [3.63, 3.8) is 0 Å². The van der Waals surface area contributed by atoms with Gasteiger partial charge in [-0.1, -0.05) is 12.1 Å². The average Bonchev–Trinajstić information content (AvgIpc) is 2.84. The van der Waals surface area contributed by atoms with Crippen molar-refractivity contribution in [1.29, 1.82) is 5.26 Å². The zero-order valence-electron chi connectivity index (χ0n) is 18.5. The molecule has 0 aliphatic carbocycles. The van der Waals surface area contributed by atoms with Gasteiger partial charge in [-0.15, -0.1) is 0 Å². The number of aldehydes is 1. The van der Waals surface area contributed by atoms with Crippen LogP contribution in [-0.2, 0) is 4.79 Å². The molecule has 1 N–H and O–H groups in total. The lowest BCUT2D eigenvalue weighted by atomic mass is 10.1. The van der Waals surface area contributed by atoms with Crippen molar-refractivity contribution < 1.29 is 13.9 Å². The summed E-state index contributed by atoms with van der Waals surface area (Å²) in [7, 11) is 0. The summed E-state index contributed by atoms with van der Waals surface area (Å²) >= 11 is 1.22. The summed E-state index contributed by atoms with van der Waals surface area (Å²) in [6, 6.07) is 17.9. The number of rotatable bonds is 11. The molecule has 0 spiro atoms. The molecule has 1 heterocycles. The van der Waals surface area contributed by atoms with E-state index in [1.165, 1.54) is 24.3 Å². The Bertz CT molecular complexity index is 1100. The third-order valence-corrected chi connectivity index (χ3v) is 6.14. The number of carbonyl (C=O) groups excluding carboxylic acids is 1. The molecule has 6 nitrogen and oxygen atoms in total. The Morgan fingerprint density at radius 2 is 1.85 bits per heavy atom. The van der Waals surface area contributed by atoms with Crippen molar-refractivity contribution in [2.45, 2.75) is 25.8 Å². The molecule has 0 amide bonds. The molecule has 0 bridgehead atoms. The van der Waals surface area contributed by atoms with Gasteiger partial charge >= 0.3 is 0 Å². The molecule has 33 heavy (non-hydrogen) atoms. The molecule has 0 aliphatic rings. The van der Waals surface area contributed by atoms with E-state index in [2.05, 4.69) is 9.71 Å². The molecule has 3 aromatic rings. The minimum absolute atomic E-state index is 0.0124. The van der Waals surface area contributed by atoms with Crippen LogP contribution in [0.25, 0.3) is 11.1 Å². The molecule has 2 aromatic carbocycles. The number of hydrogen-bond donors (Lipinski definition) is 1. The van der Waals surface area contributed by atoms with E-state index in [4.69, 9.17) is 10.00 Å². The normalized spacial score (nSPS) is 11.1. The van der Waals surface area contributed by atoms with E-state index < -0.39 is 11.4 Å². The summed E-state index contributed by atoms with van der Waals surface area (Å²) in [6.45, 7) is 4.67. The molecule has 170 valence electrons. The van der Waals surface area contributed by atoms with Crippen molar-refractivity contribution in [2.75, 3.05) is 17.9 Å². The largest absolute Gasteiger partial charge is 0.494 e. The Morgan fingerprint density at radius 3 is 2.48 bits per heavy atom. The first kappa shape index (κ1) is 24.2. The highest BCUT2D eigenvalue weighted by molar-refractivity contribution is 7.98. The number of hydrogen-bond acceptors (Lipinski definition) is 7. The fourth-order valence-corrected chi connectivity index (χ4v) is 3.81. The number of carbonyl (C=O) groups is 1. The van der Waals surface area contributed by atoms with Crippen molar-refractivity contribution >= 4 is 24.1 Å². The predicted molar refractivity (Wildman–Crippen MR) is 129 cm³/mol. The van der Waals surface area contributed by atoms with E-state index >= 15 is 0 Å². The summed E-state index contributed by atoms with van der Waals surface area (Å²) in [5.41, 5.74) is 1.94. The average molecular weight is 465 g/mol. The lowest BCUT2D eigenvalue weighted by Gasteiger charge is -2.32. The van der Waals surface area contributed by atoms with Gasteiger partial charge in [0.05, 0.1) is 17.7 Å². The number of pyridine rings is 1. The van der Waals surface area contributed by atoms with Crippen LogP contribution in [0.4, 0.5) is 10.1 Å². The maximum atomic E-state index is 13.8. The highest BCUT2D eigenvalue weighted by Crippen LogP contribution is 2.26. The molecule has 0 radical (unpaired) electrons. The fourth-order valence-electron chi connectivity index (χ4n) is 2.97. The van der Waals surface area contributed by atoms with Crippen molar-refractivity contribution in [1.82, 2.24) is 9.29 Å². The molecule has 0 atom stereocenters. The number of nitrogens with zero attached hydrogens (tertiary/aromatic N) is 3. The third-order valence-electron chi connectivity index (χ3n) is 4.94. The van der Waals surface area contributed by atoms with E-state index in [1.54, 1.807) is 24.5 Å². The van der Waals surface area contributed by atoms with E-state index in [1.807, 2.05) is 54.6 Å². The first-order valence-electron chi connectivity index (χ1n) is 10.4. The van der Waals surface area contributed by atoms with Crippen molar-refractivity contribution in [3.05, 3.63) is 78.4 Å². The Kier molecular flexibility index (Phi) is 8.41. The van der Waals surface area contributed by atoms with E-state index in [0.717, 1.165) is 23.2 Å². The Morgan fingerprint density at radius 1 is 1.15 bits per heavy atom. The summed E-state index contributed by atoms with van der Waals surface area (Å²) in [5, 5.41) is 8.86. The molecular formula is C25H25FN4O2S. The molecule has 8 heteroatoms. The zero-order chi connectivity index (χ0) is 23.7. The van der Waals surface area contributed by atoms with Crippen LogP contribution in [0.1, 0.15) is 25.8 Å². The van der Waals surface area contributed by atoms with Crippen LogP contribution >= 0.6 is 12.1 Å². The Hall–Kier alpha value is -3.41. The summed E-state index contributed by atoms with van der Waals surface area (Å²) in [4.78, 5) is 15.6. The van der Waals surface area contributed by atoms with Crippen LogP contribution in [0, 0.1) is 17.1 Å². The molecule has 0 unspecified atom stereocenters. The molecule has 0 fully saturated rings. The minimum Gasteiger partial charge on any atom is -0.494 e. The predicted octanol–water partition coefficient (Wildman–Crippen LogP) is 5.48. The number of anilines is 1. The monoisotopic (exact) mass is 464 g/mol. The van der Waals surface area contributed by atoms with Gasteiger partial charge in [-0.2, -0.15) is 5.26 Å². The lowest BCUT2D eigenvalue weighted by molar-refractivity contribution is -0.114. The molecule has 1 aromatic heterocycles. The van der Waals surface area contributed by atoms with Crippen LogP contribution in [0.3, 0.4) is 0 Å². The Labute approximate surface area is 197 Å². The van der Waals surface area contributed by atoms with Gasteiger partial charge in [-0.3, -0.25) is 4.98 Å². The molecule has 0 saturated carbocycles. The van der Waals surface area contributed by atoms with Gasteiger partial charge in [0.2, 0.25) is 0 Å². The summed E-state index contributed by atoms with van der Waals surface area (Å²) in [6.07, 6.45) is 5.08. The van der Waals surface area contributed by atoms with E-state index in [0.29, 0.717) is 25.3 Å². The first-order valence-corrected chi connectivity index (χ1v) is 11.2. The van der Waals surface area contributed by atoms with Gasteiger partial charge in [0, 0.05) is 36.8 Å². The van der Waals surface area contributed by atoms with Crippen LogP contribution in [0.15, 0.2) is 67.0 Å².